The van der Waals surface area contributed by atoms with Gasteiger partial charge in [0.05, 0.1) is 17.2 Å². The summed E-state index contributed by atoms with van der Waals surface area (Å²) in [6, 6.07) is 10.9. The van der Waals surface area contributed by atoms with Gasteiger partial charge >= 0.3 is 0 Å². The second kappa shape index (κ2) is 5.55. The summed E-state index contributed by atoms with van der Waals surface area (Å²) in [5.41, 5.74) is 1.45. The lowest BCUT2D eigenvalue weighted by Crippen LogP contribution is -1.97. The zero-order chi connectivity index (χ0) is 13.8. The Morgan fingerprint density at radius 1 is 1.35 bits per heavy atom. The molecule has 6 heteroatoms. The van der Waals surface area contributed by atoms with E-state index in [0.717, 1.165) is 5.56 Å². The van der Waals surface area contributed by atoms with Gasteiger partial charge in [-0.1, -0.05) is 11.2 Å². The SMILES string of the molecule is N#Cc1cccc(OCc2noc(-c3ccsc3)n2)c1. The van der Waals surface area contributed by atoms with Crippen LogP contribution in [-0.2, 0) is 6.61 Å². The molecule has 0 unspecified atom stereocenters. The molecule has 5 nitrogen and oxygen atoms in total. The molecule has 0 aliphatic rings. The van der Waals surface area contributed by atoms with Crippen LogP contribution in [0.5, 0.6) is 5.75 Å². The maximum absolute atomic E-state index is 8.81. The first-order valence-electron chi connectivity index (χ1n) is 5.83. The molecule has 0 saturated heterocycles. The number of benzene rings is 1. The first-order valence-corrected chi connectivity index (χ1v) is 6.77. The van der Waals surface area contributed by atoms with E-state index in [1.807, 2.05) is 16.8 Å². The maximum Gasteiger partial charge on any atom is 0.258 e. The molecule has 0 aliphatic heterocycles. The molecule has 0 atom stereocenters. The molecular formula is C14H9N3O2S. The van der Waals surface area contributed by atoms with Crippen LogP contribution in [0, 0.1) is 11.3 Å². The summed E-state index contributed by atoms with van der Waals surface area (Å²) in [6.07, 6.45) is 0. The Morgan fingerprint density at radius 3 is 3.10 bits per heavy atom. The number of hydrogen-bond donors (Lipinski definition) is 0. The lowest BCUT2D eigenvalue weighted by atomic mass is 10.2. The van der Waals surface area contributed by atoms with Gasteiger partial charge in [0.15, 0.2) is 6.61 Å². The van der Waals surface area contributed by atoms with Crippen LogP contribution in [0.4, 0.5) is 0 Å². The van der Waals surface area contributed by atoms with Crippen LogP contribution in [0.15, 0.2) is 45.6 Å². The summed E-state index contributed by atoms with van der Waals surface area (Å²) >= 11 is 1.57. The first-order chi connectivity index (χ1) is 9.85. The second-order valence-corrected chi connectivity index (χ2v) is 4.74. The standard InChI is InChI=1S/C14H9N3O2S/c15-7-10-2-1-3-12(6-10)18-8-13-16-14(19-17-13)11-4-5-20-9-11/h1-6,9H,8H2. The van der Waals surface area contributed by atoms with Crippen molar-refractivity contribution in [3.05, 3.63) is 52.5 Å². The molecule has 0 fully saturated rings. The molecular weight excluding hydrogens is 274 g/mol. The molecule has 1 aromatic carbocycles. The van der Waals surface area contributed by atoms with Gasteiger partial charge in [0.2, 0.25) is 5.82 Å². The highest BCUT2D eigenvalue weighted by Crippen LogP contribution is 2.20. The van der Waals surface area contributed by atoms with E-state index in [1.54, 1.807) is 35.6 Å². The molecule has 0 saturated carbocycles. The molecule has 0 aliphatic carbocycles. The normalized spacial score (nSPS) is 10.2. The van der Waals surface area contributed by atoms with Crippen LogP contribution in [0.1, 0.15) is 11.4 Å². The summed E-state index contributed by atoms with van der Waals surface area (Å²) in [5.74, 6) is 1.55. The van der Waals surface area contributed by atoms with Gasteiger partial charge in [-0.15, -0.1) is 0 Å². The Labute approximate surface area is 119 Å². The van der Waals surface area contributed by atoms with Crippen molar-refractivity contribution in [1.82, 2.24) is 10.1 Å². The van der Waals surface area contributed by atoms with Gasteiger partial charge in [0.1, 0.15) is 5.75 Å². The molecule has 3 rings (SSSR count). The number of thiophene rings is 1. The Morgan fingerprint density at radius 2 is 2.30 bits per heavy atom. The second-order valence-electron chi connectivity index (χ2n) is 3.96. The van der Waals surface area contributed by atoms with E-state index in [4.69, 9.17) is 14.5 Å². The van der Waals surface area contributed by atoms with Crippen LogP contribution in [0.3, 0.4) is 0 Å². The fourth-order valence-electron chi connectivity index (χ4n) is 1.62. The minimum atomic E-state index is 0.197. The van der Waals surface area contributed by atoms with Crippen LogP contribution in [0.2, 0.25) is 0 Å². The van der Waals surface area contributed by atoms with Crippen LogP contribution < -0.4 is 4.74 Å². The molecule has 98 valence electrons. The van der Waals surface area contributed by atoms with Crippen molar-refractivity contribution in [3.8, 4) is 23.3 Å². The number of hydrogen-bond acceptors (Lipinski definition) is 6. The van der Waals surface area contributed by atoms with Crippen molar-refractivity contribution in [2.75, 3.05) is 0 Å². The van der Waals surface area contributed by atoms with Gasteiger partial charge < -0.3 is 9.26 Å². The molecule has 3 aromatic rings. The molecule has 0 amide bonds. The van der Waals surface area contributed by atoms with Crippen molar-refractivity contribution >= 4 is 11.3 Å². The Bertz CT molecular complexity index is 744. The highest BCUT2D eigenvalue weighted by molar-refractivity contribution is 7.08. The van der Waals surface area contributed by atoms with E-state index in [2.05, 4.69) is 16.2 Å². The average Bonchev–Trinajstić information content (AvgIpc) is 3.16. The zero-order valence-corrected chi connectivity index (χ0v) is 11.1. The molecule has 0 spiro atoms. The molecule has 0 radical (unpaired) electrons. The number of aromatic nitrogens is 2. The maximum atomic E-state index is 8.81. The smallest absolute Gasteiger partial charge is 0.258 e. The van der Waals surface area contributed by atoms with Gasteiger partial charge in [-0.05, 0) is 29.6 Å². The van der Waals surface area contributed by atoms with E-state index in [0.29, 0.717) is 23.0 Å². The van der Waals surface area contributed by atoms with Crippen molar-refractivity contribution in [2.45, 2.75) is 6.61 Å². The Kier molecular flexibility index (Phi) is 3.44. The molecule has 2 aromatic heterocycles. The van der Waals surface area contributed by atoms with E-state index in [9.17, 15) is 0 Å². The Hall–Kier alpha value is -2.65. The summed E-state index contributed by atoms with van der Waals surface area (Å²) in [4.78, 5) is 4.25. The summed E-state index contributed by atoms with van der Waals surface area (Å²) in [6.45, 7) is 0.197. The quantitative estimate of drug-likeness (QED) is 0.735. The molecule has 20 heavy (non-hydrogen) atoms. The predicted molar refractivity (Wildman–Crippen MR) is 73.1 cm³/mol. The number of ether oxygens (including phenoxy) is 1. The van der Waals surface area contributed by atoms with Crippen LogP contribution in [-0.4, -0.2) is 10.1 Å². The van der Waals surface area contributed by atoms with Gasteiger partial charge in [-0.25, -0.2) is 0 Å². The Balaban J connectivity index is 1.68. The van der Waals surface area contributed by atoms with Crippen molar-refractivity contribution < 1.29 is 9.26 Å². The third kappa shape index (κ3) is 2.68. The largest absolute Gasteiger partial charge is 0.485 e. The topological polar surface area (TPSA) is 71.9 Å². The lowest BCUT2D eigenvalue weighted by molar-refractivity contribution is 0.287. The van der Waals surface area contributed by atoms with Crippen molar-refractivity contribution in [1.29, 1.82) is 5.26 Å². The number of rotatable bonds is 4. The number of nitriles is 1. The minimum Gasteiger partial charge on any atom is -0.485 e. The van der Waals surface area contributed by atoms with E-state index in [1.165, 1.54) is 0 Å². The van der Waals surface area contributed by atoms with Crippen molar-refractivity contribution in [3.63, 3.8) is 0 Å². The summed E-state index contributed by atoms with van der Waals surface area (Å²) in [5, 5.41) is 16.6. The highest BCUT2D eigenvalue weighted by Gasteiger charge is 2.09. The monoisotopic (exact) mass is 283 g/mol. The van der Waals surface area contributed by atoms with Gasteiger partial charge in [-0.3, -0.25) is 0 Å². The molecule has 0 N–H and O–H groups in total. The summed E-state index contributed by atoms with van der Waals surface area (Å²) < 4.78 is 10.7. The van der Waals surface area contributed by atoms with Gasteiger partial charge in [0, 0.05) is 5.38 Å². The first kappa shape index (κ1) is 12.4. The fourth-order valence-corrected chi connectivity index (χ4v) is 2.25. The zero-order valence-electron chi connectivity index (χ0n) is 10.3. The summed E-state index contributed by atoms with van der Waals surface area (Å²) in [7, 11) is 0. The van der Waals surface area contributed by atoms with Crippen molar-refractivity contribution in [2.24, 2.45) is 0 Å². The lowest BCUT2D eigenvalue weighted by Gasteiger charge is -2.02. The third-order valence-electron chi connectivity index (χ3n) is 2.57. The minimum absolute atomic E-state index is 0.197. The fraction of sp³-hybridized carbons (Fsp3) is 0.0714. The van der Waals surface area contributed by atoms with Crippen LogP contribution >= 0.6 is 11.3 Å². The van der Waals surface area contributed by atoms with E-state index >= 15 is 0 Å². The highest BCUT2D eigenvalue weighted by atomic mass is 32.1. The number of nitrogens with zero attached hydrogens (tertiary/aromatic N) is 3. The molecule has 2 heterocycles. The van der Waals surface area contributed by atoms with Gasteiger partial charge in [-0.2, -0.15) is 21.6 Å². The van der Waals surface area contributed by atoms with E-state index < -0.39 is 0 Å². The van der Waals surface area contributed by atoms with E-state index in [-0.39, 0.29) is 6.61 Å². The average molecular weight is 283 g/mol. The van der Waals surface area contributed by atoms with Crippen LogP contribution in [0.25, 0.3) is 11.5 Å². The predicted octanol–water partition coefficient (Wildman–Crippen LogP) is 3.25. The van der Waals surface area contributed by atoms with Gasteiger partial charge in [0.25, 0.3) is 5.89 Å². The third-order valence-corrected chi connectivity index (χ3v) is 3.25. The molecule has 0 bridgehead atoms.